The third kappa shape index (κ3) is 3.86. The van der Waals surface area contributed by atoms with Crippen molar-refractivity contribution in [2.45, 2.75) is 25.2 Å². The highest BCUT2D eigenvalue weighted by Crippen LogP contribution is 2.28. The van der Waals surface area contributed by atoms with Crippen LogP contribution in [0.15, 0.2) is 51.9 Å². The fourth-order valence-corrected chi connectivity index (χ4v) is 3.38. The van der Waals surface area contributed by atoms with E-state index >= 15 is 0 Å². The summed E-state index contributed by atoms with van der Waals surface area (Å²) in [7, 11) is 1.65. The lowest BCUT2D eigenvalue weighted by Crippen LogP contribution is -2.39. The van der Waals surface area contributed by atoms with Crippen molar-refractivity contribution >= 4 is 5.91 Å². The number of methoxy groups -OCH3 is 1. The number of hydrogen-bond acceptors (Lipinski definition) is 6. The molecule has 0 radical (unpaired) electrons. The van der Waals surface area contributed by atoms with Gasteiger partial charge in [0.25, 0.3) is 5.91 Å². The first-order valence-electron chi connectivity index (χ1n) is 8.98. The standard InChI is InChI=1S/C20H21N3O4/c1-25-16-6-4-14(5-7-16)9-17-10-22-19(27-17)15-3-2-8-23(12-15)20(24)18-11-21-13-26-18/h4-7,10-11,13,15H,2-3,8-9,12H2,1H3. The van der Waals surface area contributed by atoms with Gasteiger partial charge in [0.1, 0.15) is 11.5 Å². The molecule has 140 valence electrons. The average Bonchev–Trinajstić information content (AvgIpc) is 3.40. The van der Waals surface area contributed by atoms with Crippen LogP contribution in [0.2, 0.25) is 0 Å². The zero-order valence-electron chi connectivity index (χ0n) is 15.1. The Labute approximate surface area is 157 Å². The summed E-state index contributed by atoms with van der Waals surface area (Å²) in [6, 6.07) is 7.89. The molecule has 1 aromatic carbocycles. The third-order valence-electron chi connectivity index (χ3n) is 4.81. The molecule has 1 saturated heterocycles. The minimum atomic E-state index is -0.137. The Morgan fingerprint density at radius 2 is 2.15 bits per heavy atom. The second-order valence-electron chi connectivity index (χ2n) is 6.65. The van der Waals surface area contributed by atoms with E-state index in [9.17, 15) is 4.79 Å². The van der Waals surface area contributed by atoms with Gasteiger partial charge in [-0.3, -0.25) is 4.79 Å². The second-order valence-corrected chi connectivity index (χ2v) is 6.65. The summed E-state index contributed by atoms with van der Waals surface area (Å²) in [6.45, 7) is 1.28. The first-order valence-corrected chi connectivity index (χ1v) is 8.98. The Kier molecular flexibility index (Phi) is 4.91. The van der Waals surface area contributed by atoms with Crippen molar-refractivity contribution in [1.29, 1.82) is 0 Å². The smallest absolute Gasteiger partial charge is 0.291 e. The average molecular weight is 367 g/mol. The van der Waals surface area contributed by atoms with Gasteiger partial charge in [-0.1, -0.05) is 12.1 Å². The molecule has 27 heavy (non-hydrogen) atoms. The summed E-state index contributed by atoms with van der Waals surface area (Å²) in [5, 5.41) is 0. The predicted octanol–water partition coefficient (Wildman–Crippen LogP) is 3.28. The third-order valence-corrected chi connectivity index (χ3v) is 4.81. The molecule has 0 N–H and O–H groups in total. The summed E-state index contributed by atoms with van der Waals surface area (Å²) in [6.07, 6.45) is 7.02. The monoisotopic (exact) mass is 367 g/mol. The molecule has 4 rings (SSSR count). The van der Waals surface area contributed by atoms with Gasteiger partial charge in [-0.25, -0.2) is 9.97 Å². The van der Waals surface area contributed by atoms with Gasteiger partial charge in [-0.05, 0) is 30.5 Å². The quantitative estimate of drug-likeness (QED) is 0.688. The Hall–Kier alpha value is -3.09. The number of carbonyl (C=O) groups excluding carboxylic acids is 1. The molecule has 0 aliphatic carbocycles. The summed E-state index contributed by atoms with van der Waals surface area (Å²) in [4.78, 5) is 22.5. The van der Waals surface area contributed by atoms with Gasteiger partial charge < -0.3 is 18.5 Å². The number of piperidine rings is 1. The van der Waals surface area contributed by atoms with Crippen LogP contribution in [0.5, 0.6) is 5.75 Å². The van der Waals surface area contributed by atoms with E-state index < -0.39 is 0 Å². The molecule has 7 heteroatoms. The van der Waals surface area contributed by atoms with Crippen LogP contribution in [0.4, 0.5) is 0 Å². The lowest BCUT2D eigenvalue weighted by Gasteiger charge is -2.30. The van der Waals surface area contributed by atoms with Crippen LogP contribution in [0.3, 0.4) is 0 Å². The van der Waals surface area contributed by atoms with Crippen molar-refractivity contribution in [3.8, 4) is 5.75 Å². The molecular formula is C20H21N3O4. The van der Waals surface area contributed by atoms with E-state index in [1.54, 1.807) is 18.2 Å². The van der Waals surface area contributed by atoms with Crippen molar-refractivity contribution in [2.24, 2.45) is 0 Å². The van der Waals surface area contributed by atoms with Crippen LogP contribution in [-0.2, 0) is 6.42 Å². The van der Waals surface area contributed by atoms with Crippen LogP contribution in [0.1, 0.15) is 46.5 Å². The van der Waals surface area contributed by atoms with Crippen molar-refractivity contribution < 1.29 is 18.4 Å². The van der Waals surface area contributed by atoms with E-state index in [0.717, 1.165) is 29.9 Å². The van der Waals surface area contributed by atoms with Crippen molar-refractivity contribution in [2.75, 3.05) is 20.2 Å². The Morgan fingerprint density at radius 3 is 2.89 bits per heavy atom. The van der Waals surface area contributed by atoms with Gasteiger partial charge in [0.2, 0.25) is 5.76 Å². The van der Waals surface area contributed by atoms with Gasteiger partial charge in [0, 0.05) is 19.5 Å². The first-order chi connectivity index (χ1) is 13.2. The van der Waals surface area contributed by atoms with Gasteiger partial charge in [-0.2, -0.15) is 0 Å². The number of rotatable bonds is 5. The van der Waals surface area contributed by atoms with E-state index in [4.69, 9.17) is 13.6 Å². The lowest BCUT2D eigenvalue weighted by atomic mass is 9.98. The molecule has 0 saturated carbocycles. The summed E-state index contributed by atoms with van der Waals surface area (Å²) >= 11 is 0. The molecule has 1 fully saturated rings. The van der Waals surface area contributed by atoms with Crippen LogP contribution in [-0.4, -0.2) is 41.0 Å². The van der Waals surface area contributed by atoms with Crippen LogP contribution in [0.25, 0.3) is 0 Å². The van der Waals surface area contributed by atoms with E-state index in [-0.39, 0.29) is 17.6 Å². The topological polar surface area (TPSA) is 81.6 Å². The number of nitrogens with zero attached hydrogens (tertiary/aromatic N) is 3. The Bertz CT molecular complexity index is 886. The number of hydrogen-bond donors (Lipinski definition) is 0. The fourth-order valence-electron chi connectivity index (χ4n) is 3.38. The highest BCUT2D eigenvalue weighted by molar-refractivity contribution is 5.91. The van der Waals surface area contributed by atoms with Crippen molar-refractivity contribution in [3.05, 3.63) is 66.0 Å². The molecule has 1 unspecified atom stereocenters. The maximum absolute atomic E-state index is 12.5. The molecular weight excluding hydrogens is 346 g/mol. The SMILES string of the molecule is COc1ccc(Cc2cnc(C3CCCN(C(=O)c4cnco4)C3)o2)cc1. The highest BCUT2D eigenvalue weighted by atomic mass is 16.5. The van der Waals surface area contributed by atoms with Gasteiger partial charge in [0.15, 0.2) is 12.3 Å². The van der Waals surface area contributed by atoms with Crippen molar-refractivity contribution in [3.63, 3.8) is 0 Å². The molecule has 1 atom stereocenters. The largest absolute Gasteiger partial charge is 0.497 e. The molecule has 0 bridgehead atoms. The van der Waals surface area contributed by atoms with E-state index in [2.05, 4.69) is 9.97 Å². The molecule has 7 nitrogen and oxygen atoms in total. The van der Waals surface area contributed by atoms with Crippen LogP contribution < -0.4 is 4.74 Å². The number of oxazole rings is 2. The fraction of sp³-hybridized carbons (Fsp3) is 0.350. The first kappa shape index (κ1) is 17.3. The number of benzene rings is 1. The van der Waals surface area contributed by atoms with Gasteiger partial charge in [0.05, 0.1) is 25.4 Å². The molecule has 1 aliphatic rings. The number of ether oxygens (including phenoxy) is 1. The molecule has 1 amide bonds. The maximum atomic E-state index is 12.5. The predicted molar refractivity (Wildman–Crippen MR) is 96.7 cm³/mol. The van der Waals surface area contributed by atoms with Crippen LogP contribution in [0, 0.1) is 0 Å². The van der Waals surface area contributed by atoms with E-state index in [1.807, 2.05) is 24.3 Å². The molecule has 1 aliphatic heterocycles. The Morgan fingerprint density at radius 1 is 1.30 bits per heavy atom. The minimum absolute atomic E-state index is 0.0928. The number of likely N-dealkylation sites (tertiary alicyclic amines) is 1. The van der Waals surface area contributed by atoms with Gasteiger partial charge >= 0.3 is 0 Å². The maximum Gasteiger partial charge on any atom is 0.291 e. The number of amides is 1. The zero-order valence-corrected chi connectivity index (χ0v) is 15.1. The molecule has 3 aromatic rings. The zero-order chi connectivity index (χ0) is 18.6. The normalized spacial score (nSPS) is 17.1. The summed E-state index contributed by atoms with van der Waals surface area (Å²) in [5.74, 6) is 2.55. The lowest BCUT2D eigenvalue weighted by molar-refractivity contribution is 0.0666. The minimum Gasteiger partial charge on any atom is -0.497 e. The second kappa shape index (κ2) is 7.65. The molecule has 2 aromatic heterocycles. The van der Waals surface area contributed by atoms with E-state index in [0.29, 0.717) is 25.4 Å². The number of aromatic nitrogens is 2. The summed E-state index contributed by atoms with van der Waals surface area (Å²) in [5.41, 5.74) is 1.13. The van der Waals surface area contributed by atoms with Crippen LogP contribution >= 0.6 is 0 Å². The van der Waals surface area contributed by atoms with Gasteiger partial charge in [-0.15, -0.1) is 0 Å². The highest BCUT2D eigenvalue weighted by Gasteiger charge is 2.29. The number of carbonyl (C=O) groups is 1. The molecule has 3 heterocycles. The summed E-state index contributed by atoms with van der Waals surface area (Å²) < 4.78 is 16.3. The van der Waals surface area contributed by atoms with E-state index in [1.165, 1.54) is 12.6 Å². The Balaban J connectivity index is 1.42. The van der Waals surface area contributed by atoms with Crippen molar-refractivity contribution in [1.82, 2.24) is 14.9 Å². The molecule has 0 spiro atoms.